The third-order valence-corrected chi connectivity index (χ3v) is 4.80. The molecule has 1 aromatic rings. The Labute approximate surface area is 118 Å². The molecule has 1 aromatic heterocycles. The lowest BCUT2D eigenvalue weighted by molar-refractivity contribution is 0.459. The molecule has 0 aliphatic heterocycles. The molecule has 0 spiro atoms. The van der Waals surface area contributed by atoms with Gasteiger partial charge in [-0.1, -0.05) is 6.42 Å². The largest absolute Gasteiger partial charge is 0.354 e. The highest BCUT2D eigenvalue weighted by Crippen LogP contribution is 2.32. The molecule has 1 heterocycles. The molecule has 3 nitrogen and oxygen atoms in total. The van der Waals surface area contributed by atoms with Gasteiger partial charge in [0.05, 0.1) is 5.69 Å². The Morgan fingerprint density at radius 3 is 2.83 bits per heavy atom. The zero-order valence-electron chi connectivity index (χ0n) is 11.2. The molecule has 1 aliphatic rings. The van der Waals surface area contributed by atoms with Gasteiger partial charge in [0, 0.05) is 17.1 Å². The fourth-order valence-electron chi connectivity index (χ4n) is 2.96. The van der Waals surface area contributed by atoms with Crippen molar-refractivity contribution in [3.05, 3.63) is 22.3 Å². The standard InChI is InChI=1S/C14H22BrN3/c1-3-18(13-6-4-5-11(13)9-16)14-8-7-12(15)10(2)17-14/h7-8,11,13H,3-6,9,16H2,1-2H3. The lowest BCUT2D eigenvalue weighted by Crippen LogP contribution is -2.40. The normalized spacial score (nSPS) is 23.3. The molecule has 1 aliphatic carbocycles. The minimum atomic E-state index is 0.563. The quantitative estimate of drug-likeness (QED) is 0.929. The maximum Gasteiger partial charge on any atom is 0.129 e. The van der Waals surface area contributed by atoms with E-state index in [1.165, 1.54) is 19.3 Å². The fourth-order valence-corrected chi connectivity index (χ4v) is 3.18. The van der Waals surface area contributed by atoms with Gasteiger partial charge in [-0.3, -0.25) is 0 Å². The highest BCUT2D eigenvalue weighted by Gasteiger charge is 2.31. The number of aryl methyl sites for hydroxylation is 1. The van der Waals surface area contributed by atoms with Crippen LogP contribution in [0.1, 0.15) is 31.9 Å². The first kappa shape index (κ1) is 13.8. The molecule has 2 unspecified atom stereocenters. The molecule has 18 heavy (non-hydrogen) atoms. The fraction of sp³-hybridized carbons (Fsp3) is 0.643. The van der Waals surface area contributed by atoms with E-state index >= 15 is 0 Å². The van der Waals surface area contributed by atoms with E-state index in [0.29, 0.717) is 12.0 Å². The van der Waals surface area contributed by atoms with E-state index in [1.807, 2.05) is 6.92 Å². The van der Waals surface area contributed by atoms with Gasteiger partial charge in [-0.05, 0) is 67.2 Å². The van der Waals surface area contributed by atoms with Crippen molar-refractivity contribution in [3.8, 4) is 0 Å². The number of nitrogens with two attached hydrogens (primary N) is 1. The van der Waals surface area contributed by atoms with Crippen LogP contribution in [-0.2, 0) is 0 Å². The van der Waals surface area contributed by atoms with Crippen LogP contribution >= 0.6 is 15.9 Å². The summed E-state index contributed by atoms with van der Waals surface area (Å²) in [5.41, 5.74) is 6.94. The van der Waals surface area contributed by atoms with Gasteiger partial charge in [-0.15, -0.1) is 0 Å². The molecular formula is C14H22BrN3. The summed E-state index contributed by atoms with van der Waals surface area (Å²) in [6.45, 7) is 6.02. The smallest absolute Gasteiger partial charge is 0.129 e. The van der Waals surface area contributed by atoms with Crippen LogP contribution in [-0.4, -0.2) is 24.1 Å². The van der Waals surface area contributed by atoms with Gasteiger partial charge in [0.15, 0.2) is 0 Å². The highest BCUT2D eigenvalue weighted by molar-refractivity contribution is 9.10. The lowest BCUT2D eigenvalue weighted by atomic mass is 10.0. The summed E-state index contributed by atoms with van der Waals surface area (Å²) in [6, 6.07) is 4.76. The van der Waals surface area contributed by atoms with Gasteiger partial charge >= 0.3 is 0 Å². The van der Waals surface area contributed by atoms with Crippen molar-refractivity contribution in [1.82, 2.24) is 4.98 Å². The molecule has 0 saturated heterocycles. The summed E-state index contributed by atoms with van der Waals surface area (Å²) in [5, 5.41) is 0. The van der Waals surface area contributed by atoms with Crippen molar-refractivity contribution in [2.45, 2.75) is 39.2 Å². The van der Waals surface area contributed by atoms with Gasteiger partial charge < -0.3 is 10.6 Å². The molecule has 0 amide bonds. The van der Waals surface area contributed by atoms with Gasteiger partial charge in [-0.25, -0.2) is 4.98 Å². The first-order valence-corrected chi connectivity index (χ1v) is 7.56. The Bertz CT molecular complexity index is 408. The van der Waals surface area contributed by atoms with Crippen LogP contribution in [0.4, 0.5) is 5.82 Å². The van der Waals surface area contributed by atoms with E-state index in [-0.39, 0.29) is 0 Å². The SMILES string of the molecule is CCN(c1ccc(Br)c(C)n1)C1CCCC1CN. The maximum atomic E-state index is 5.89. The van der Waals surface area contributed by atoms with E-state index < -0.39 is 0 Å². The first-order chi connectivity index (χ1) is 8.67. The highest BCUT2D eigenvalue weighted by atomic mass is 79.9. The van der Waals surface area contributed by atoms with Crippen molar-refractivity contribution in [2.24, 2.45) is 11.7 Å². The average molecular weight is 312 g/mol. The minimum absolute atomic E-state index is 0.563. The van der Waals surface area contributed by atoms with Crippen LogP contribution < -0.4 is 10.6 Å². The second kappa shape index (κ2) is 6.02. The summed E-state index contributed by atoms with van der Waals surface area (Å²) in [5.74, 6) is 1.71. The Morgan fingerprint density at radius 2 is 2.22 bits per heavy atom. The lowest BCUT2D eigenvalue weighted by Gasteiger charge is -2.33. The minimum Gasteiger partial charge on any atom is -0.354 e. The van der Waals surface area contributed by atoms with Crippen molar-refractivity contribution in [1.29, 1.82) is 0 Å². The number of halogens is 1. The molecule has 2 N–H and O–H groups in total. The number of aromatic nitrogens is 1. The number of rotatable bonds is 4. The van der Waals surface area contributed by atoms with Crippen molar-refractivity contribution >= 4 is 21.7 Å². The molecule has 1 fully saturated rings. The topological polar surface area (TPSA) is 42.2 Å². The molecule has 4 heteroatoms. The number of hydrogen-bond acceptors (Lipinski definition) is 3. The summed E-state index contributed by atoms with van der Waals surface area (Å²) in [4.78, 5) is 7.12. The van der Waals surface area contributed by atoms with Crippen molar-refractivity contribution in [3.63, 3.8) is 0 Å². The van der Waals surface area contributed by atoms with E-state index in [9.17, 15) is 0 Å². The van der Waals surface area contributed by atoms with E-state index in [0.717, 1.165) is 29.1 Å². The molecule has 2 rings (SSSR count). The van der Waals surface area contributed by atoms with Crippen LogP contribution in [0.3, 0.4) is 0 Å². The summed E-state index contributed by atoms with van der Waals surface area (Å²) in [6.07, 6.45) is 3.79. The zero-order chi connectivity index (χ0) is 13.1. The van der Waals surface area contributed by atoms with Crippen molar-refractivity contribution < 1.29 is 0 Å². The van der Waals surface area contributed by atoms with Crippen LogP contribution in [0.5, 0.6) is 0 Å². The predicted molar refractivity (Wildman–Crippen MR) is 79.9 cm³/mol. The Hall–Kier alpha value is -0.610. The van der Waals surface area contributed by atoms with Crippen LogP contribution in [0.15, 0.2) is 16.6 Å². The summed E-state index contributed by atoms with van der Waals surface area (Å²) in [7, 11) is 0. The van der Waals surface area contributed by atoms with Gasteiger partial charge in [0.1, 0.15) is 5.82 Å². The molecule has 1 saturated carbocycles. The number of pyridine rings is 1. The molecule has 100 valence electrons. The van der Waals surface area contributed by atoms with Crippen LogP contribution in [0.2, 0.25) is 0 Å². The molecule has 2 atom stereocenters. The van der Waals surface area contributed by atoms with Crippen LogP contribution in [0, 0.1) is 12.8 Å². The number of nitrogens with zero attached hydrogens (tertiary/aromatic N) is 2. The third-order valence-electron chi connectivity index (χ3n) is 3.96. The van der Waals surface area contributed by atoms with Gasteiger partial charge in [0.25, 0.3) is 0 Å². The second-order valence-corrected chi connectivity index (χ2v) is 5.87. The van der Waals surface area contributed by atoms with Crippen molar-refractivity contribution in [2.75, 3.05) is 18.0 Å². The van der Waals surface area contributed by atoms with Crippen LogP contribution in [0.25, 0.3) is 0 Å². The average Bonchev–Trinajstić information content (AvgIpc) is 2.83. The Morgan fingerprint density at radius 1 is 1.44 bits per heavy atom. The molecule has 0 aromatic carbocycles. The third kappa shape index (κ3) is 2.69. The zero-order valence-corrected chi connectivity index (χ0v) is 12.8. The summed E-state index contributed by atoms with van der Waals surface area (Å²) < 4.78 is 1.07. The number of hydrogen-bond donors (Lipinski definition) is 1. The Balaban J connectivity index is 2.24. The predicted octanol–water partition coefficient (Wildman–Crippen LogP) is 3.11. The second-order valence-electron chi connectivity index (χ2n) is 5.02. The molecule has 0 bridgehead atoms. The number of anilines is 1. The van der Waals surface area contributed by atoms with Gasteiger partial charge in [0.2, 0.25) is 0 Å². The van der Waals surface area contributed by atoms with E-state index in [2.05, 4.69) is 39.9 Å². The molecular weight excluding hydrogens is 290 g/mol. The van der Waals surface area contributed by atoms with Gasteiger partial charge in [-0.2, -0.15) is 0 Å². The molecule has 0 radical (unpaired) electrons. The summed E-state index contributed by atoms with van der Waals surface area (Å²) >= 11 is 3.51. The van der Waals surface area contributed by atoms with E-state index in [1.54, 1.807) is 0 Å². The Kier molecular flexibility index (Phi) is 4.62. The monoisotopic (exact) mass is 311 g/mol. The maximum absolute atomic E-state index is 5.89. The van der Waals surface area contributed by atoms with E-state index in [4.69, 9.17) is 10.7 Å². The first-order valence-electron chi connectivity index (χ1n) is 6.77.